The molecule has 0 aliphatic carbocycles. The van der Waals surface area contributed by atoms with Crippen molar-refractivity contribution < 1.29 is 0 Å². The number of hydrogen-bond donors (Lipinski definition) is 1. The van der Waals surface area contributed by atoms with Crippen LogP contribution in [0.4, 0.5) is 0 Å². The fourth-order valence-corrected chi connectivity index (χ4v) is 3.97. The number of aromatic nitrogens is 1. The Bertz CT molecular complexity index is 692. The van der Waals surface area contributed by atoms with E-state index in [9.17, 15) is 0 Å². The fraction of sp³-hybridized carbons (Fsp3) is 0.444. The molecule has 0 amide bonds. The predicted molar refractivity (Wildman–Crippen MR) is 97.2 cm³/mol. The van der Waals surface area contributed by atoms with Crippen LogP contribution in [0.3, 0.4) is 0 Å². The highest BCUT2D eigenvalue weighted by molar-refractivity contribution is 7.11. The number of rotatable bonds is 3. The van der Waals surface area contributed by atoms with E-state index in [1.165, 1.54) is 22.4 Å². The molecule has 1 unspecified atom stereocenters. The molecule has 4 nitrogen and oxygen atoms in total. The SMILES string of the molecule is CN=C(NCc1cnc(C)s1)N1CCC(c2ccccc2C)C1. The highest BCUT2D eigenvalue weighted by atomic mass is 32.1. The van der Waals surface area contributed by atoms with Crippen molar-refractivity contribution in [3.05, 3.63) is 51.5 Å². The van der Waals surface area contributed by atoms with Gasteiger partial charge < -0.3 is 10.2 Å². The molecule has 1 aromatic heterocycles. The molecule has 0 spiro atoms. The molecule has 1 aromatic carbocycles. The molecular weight excluding hydrogens is 304 g/mol. The zero-order valence-electron chi connectivity index (χ0n) is 14.0. The Hall–Kier alpha value is -1.88. The molecule has 1 atom stereocenters. The van der Waals surface area contributed by atoms with Crippen molar-refractivity contribution in [1.29, 1.82) is 0 Å². The number of likely N-dealkylation sites (tertiary alicyclic amines) is 1. The number of aliphatic imine (C=N–C) groups is 1. The molecule has 0 saturated carbocycles. The minimum atomic E-state index is 0.598. The Morgan fingerprint density at radius 2 is 2.22 bits per heavy atom. The van der Waals surface area contributed by atoms with Gasteiger partial charge >= 0.3 is 0 Å². The van der Waals surface area contributed by atoms with Gasteiger partial charge in [-0.3, -0.25) is 4.99 Å². The van der Waals surface area contributed by atoms with Crippen molar-refractivity contribution in [2.24, 2.45) is 4.99 Å². The van der Waals surface area contributed by atoms with Crippen LogP contribution >= 0.6 is 11.3 Å². The molecule has 1 aliphatic heterocycles. The minimum Gasteiger partial charge on any atom is -0.351 e. The summed E-state index contributed by atoms with van der Waals surface area (Å²) in [4.78, 5) is 12.4. The minimum absolute atomic E-state index is 0.598. The molecule has 5 heteroatoms. The first-order valence-electron chi connectivity index (χ1n) is 8.10. The van der Waals surface area contributed by atoms with Crippen LogP contribution in [-0.4, -0.2) is 36.0 Å². The summed E-state index contributed by atoms with van der Waals surface area (Å²) in [6.45, 7) is 7.13. The maximum atomic E-state index is 4.46. The summed E-state index contributed by atoms with van der Waals surface area (Å²) in [7, 11) is 1.86. The van der Waals surface area contributed by atoms with Crippen molar-refractivity contribution >= 4 is 17.3 Å². The number of guanidine groups is 1. The Kier molecular flexibility index (Phi) is 4.96. The van der Waals surface area contributed by atoms with Gasteiger partial charge in [-0.1, -0.05) is 24.3 Å². The summed E-state index contributed by atoms with van der Waals surface area (Å²) in [5.41, 5.74) is 2.87. The van der Waals surface area contributed by atoms with E-state index in [2.05, 4.69) is 51.4 Å². The molecule has 3 rings (SSSR count). The number of thiazole rings is 1. The normalized spacial score (nSPS) is 18.5. The first kappa shape index (κ1) is 16.0. The average molecular weight is 328 g/mol. The third-order valence-electron chi connectivity index (χ3n) is 4.42. The van der Waals surface area contributed by atoms with Crippen LogP contribution in [0.2, 0.25) is 0 Å². The Balaban J connectivity index is 1.61. The molecule has 0 radical (unpaired) electrons. The van der Waals surface area contributed by atoms with Crippen LogP contribution < -0.4 is 5.32 Å². The summed E-state index contributed by atoms with van der Waals surface area (Å²) in [6.07, 6.45) is 3.13. The molecule has 0 bridgehead atoms. The molecule has 1 fully saturated rings. The van der Waals surface area contributed by atoms with Gasteiger partial charge in [-0.15, -0.1) is 11.3 Å². The highest BCUT2D eigenvalue weighted by Gasteiger charge is 2.26. The van der Waals surface area contributed by atoms with E-state index in [1.807, 2.05) is 20.2 Å². The summed E-state index contributed by atoms with van der Waals surface area (Å²) in [5.74, 6) is 1.59. The molecule has 1 saturated heterocycles. The molecule has 2 aromatic rings. The van der Waals surface area contributed by atoms with Crippen molar-refractivity contribution in [1.82, 2.24) is 15.2 Å². The van der Waals surface area contributed by atoms with Crippen LogP contribution in [0, 0.1) is 13.8 Å². The van der Waals surface area contributed by atoms with Gasteiger partial charge in [-0.25, -0.2) is 4.98 Å². The van der Waals surface area contributed by atoms with Crippen molar-refractivity contribution in [3.63, 3.8) is 0 Å². The van der Waals surface area contributed by atoms with E-state index in [1.54, 1.807) is 11.3 Å². The topological polar surface area (TPSA) is 40.5 Å². The summed E-state index contributed by atoms with van der Waals surface area (Å²) in [6, 6.07) is 8.73. The van der Waals surface area contributed by atoms with Gasteiger partial charge in [0.05, 0.1) is 11.6 Å². The largest absolute Gasteiger partial charge is 0.351 e. The van der Waals surface area contributed by atoms with Crippen molar-refractivity contribution in [2.45, 2.75) is 32.7 Å². The monoisotopic (exact) mass is 328 g/mol. The quantitative estimate of drug-likeness (QED) is 0.694. The maximum absolute atomic E-state index is 4.46. The molecule has 23 heavy (non-hydrogen) atoms. The van der Waals surface area contributed by atoms with Crippen molar-refractivity contribution in [2.75, 3.05) is 20.1 Å². The van der Waals surface area contributed by atoms with E-state index in [-0.39, 0.29) is 0 Å². The zero-order chi connectivity index (χ0) is 16.2. The van der Waals surface area contributed by atoms with Gasteiger partial charge in [-0.05, 0) is 31.4 Å². The van der Waals surface area contributed by atoms with E-state index in [0.29, 0.717) is 5.92 Å². The Morgan fingerprint density at radius 3 is 2.91 bits per heavy atom. The summed E-state index contributed by atoms with van der Waals surface area (Å²) >= 11 is 1.73. The van der Waals surface area contributed by atoms with E-state index in [4.69, 9.17) is 0 Å². The van der Waals surface area contributed by atoms with Crippen LogP contribution in [0.5, 0.6) is 0 Å². The number of benzene rings is 1. The van der Waals surface area contributed by atoms with Crippen molar-refractivity contribution in [3.8, 4) is 0 Å². The predicted octanol–water partition coefficient (Wildman–Crippen LogP) is 3.32. The van der Waals surface area contributed by atoms with Gasteiger partial charge in [0.2, 0.25) is 0 Å². The highest BCUT2D eigenvalue weighted by Crippen LogP contribution is 2.29. The zero-order valence-corrected chi connectivity index (χ0v) is 14.9. The van der Waals surface area contributed by atoms with E-state index >= 15 is 0 Å². The number of hydrogen-bond acceptors (Lipinski definition) is 3. The average Bonchev–Trinajstić information content (AvgIpc) is 3.18. The summed E-state index contributed by atoms with van der Waals surface area (Å²) in [5, 5.41) is 4.58. The Labute approximate surface area is 142 Å². The van der Waals surface area contributed by atoms with Gasteiger partial charge in [-0.2, -0.15) is 0 Å². The number of nitrogens with zero attached hydrogens (tertiary/aromatic N) is 3. The van der Waals surface area contributed by atoms with Crippen LogP contribution in [0.25, 0.3) is 0 Å². The third-order valence-corrected chi connectivity index (χ3v) is 5.33. The van der Waals surface area contributed by atoms with Crippen LogP contribution in [0.1, 0.15) is 33.4 Å². The van der Waals surface area contributed by atoms with E-state index in [0.717, 1.165) is 30.6 Å². The molecule has 1 N–H and O–H groups in total. The lowest BCUT2D eigenvalue weighted by molar-refractivity contribution is 0.486. The molecular formula is C18H24N4S. The molecule has 1 aliphatic rings. The lowest BCUT2D eigenvalue weighted by atomic mass is 9.94. The number of aryl methyl sites for hydroxylation is 2. The second-order valence-corrected chi connectivity index (χ2v) is 7.35. The third kappa shape index (κ3) is 3.72. The van der Waals surface area contributed by atoms with Gasteiger partial charge in [0.15, 0.2) is 5.96 Å². The Morgan fingerprint density at radius 1 is 1.39 bits per heavy atom. The smallest absolute Gasteiger partial charge is 0.193 e. The van der Waals surface area contributed by atoms with Crippen LogP contribution in [-0.2, 0) is 6.54 Å². The first-order chi connectivity index (χ1) is 11.2. The van der Waals surface area contributed by atoms with Gasteiger partial charge in [0.1, 0.15) is 0 Å². The first-order valence-corrected chi connectivity index (χ1v) is 8.91. The fourth-order valence-electron chi connectivity index (χ4n) is 3.24. The lowest BCUT2D eigenvalue weighted by Gasteiger charge is -2.22. The lowest BCUT2D eigenvalue weighted by Crippen LogP contribution is -2.39. The van der Waals surface area contributed by atoms with Gasteiger partial charge in [0.25, 0.3) is 0 Å². The second-order valence-electron chi connectivity index (χ2n) is 6.03. The van der Waals surface area contributed by atoms with Crippen LogP contribution in [0.15, 0.2) is 35.5 Å². The summed E-state index contributed by atoms with van der Waals surface area (Å²) < 4.78 is 0. The second kappa shape index (κ2) is 7.13. The number of nitrogens with one attached hydrogen (secondary N) is 1. The standard InChI is InChI=1S/C18H24N4S/c1-13-6-4-5-7-17(13)15-8-9-22(12-15)18(19-3)21-11-16-10-20-14(2)23-16/h4-7,10,15H,8-9,11-12H2,1-3H3,(H,19,21). The van der Waals surface area contributed by atoms with E-state index < -0.39 is 0 Å². The molecule has 2 heterocycles. The van der Waals surface area contributed by atoms with Gasteiger partial charge in [0, 0.05) is 37.1 Å². The molecule has 122 valence electrons. The maximum Gasteiger partial charge on any atom is 0.193 e.